The molecule has 0 saturated carbocycles. The topological polar surface area (TPSA) is 102 Å². The minimum absolute atomic E-state index is 0.0136. The molecule has 0 aliphatic carbocycles. The average Bonchev–Trinajstić information content (AvgIpc) is 3.19. The number of furan rings is 1. The van der Waals surface area contributed by atoms with Crippen LogP contribution in [0.25, 0.3) is 21.9 Å². The van der Waals surface area contributed by atoms with Gasteiger partial charge in [0.2, 0.25) is 5.91 Å². The van der Waals surface area contributed by atoms with Gasteiger partial charge < -0.3 is 19.2 Å². The summed E-state index contributed by atoms with van der Waals surface area (Å²) in [5.41, 5.74) is 5.66. The molecule has 34 heavy (non-hydrogen) atoms. The van der Waals surface area contributed by atoms with Crippen molar-refractivity contribution in [2.75, 3.05) is 19.0 Å². The zero-order valence-electron chi connectivity index (χ0n) is 19.2. The van der Waals surface area contributed by atoms with Gasteiger partial charge in [-0.25, -0.2) is 5.43 Å². The summed E-state index contributed by atoms with van der Waals surface area (Å²) in [5.74, 6) is 0.428. The number of hydrogen-bond acceptors (Lipinski definition) is 6. The van der Waals surface area contributed by atoms with Crippen molar-refractivity contribution < 1.29 is 23.5 Å². The van der Waals surface area contributed by atoms with Crippen LogP contribution in [0.5, 0.6) is 11.5 Å². The highest BCUT2D eigenvalue weighted by atomic mass is 16.5. The number of nitrogens with one attached hydrogen (secondary N) is 2. The standard InChI is InChI=1S/C26H25N3O5/c1-16-8-4-6-10-21(16)33-15-26(31)29-28-17(2)12-25(30)27-20-14-23-19(13-24(20)32-3)18-9-5-7-11-22(18)34-23/h4-11,13-14H,12,15H2,1-3H3,(H,27,30)(H,29,31)/b28-17+. The van der Waals surface area contributed by atoms with Crippen LogP contribution in [0.15, 0.2) is 70.2 Å². The Morgan fingerprint density at radius 2 is 1.71 bits per heavy atom. The molecule has 1 heterocycles. The number of ether oxygens (including phenoxy) is 2. The first kappa shape index (κ1) is 22.8. The van der Waals surface area contributed by atoms with E-state index in [0.29, 0.717) is 28.5 Å². The lowest BCUT2D eigenvalue weighted by Gasteiger charge is -2.10. The van der Waals surface area contributed by atoms with Gasteiger partial charge in [0.25, 0.3) is 5.91 Å². The van der Waals surface area contributed by atoms with Gasteiger partial charge in [-0.3, -0.25) is 9.59 Å². The Kier molecular flexibility index (Phi) is 6.77. The molecule has 0 fully saturated rings. The number of aryl methyl sites for hydroxylation is 1. The lowest BCUT2D eigenvalue weighted by Crippen LogP contribution is -2.26. The summed E-state index contributed by atoms with van der Waals surface area (Å²) in [6, 6.07) is 18.7. The van der Waals surface area contributed by atoms with Crippen LogP contribution in [-0.4, -0.2) is 31.2 Å². The minimum Gasteiger partial charge on any atom is -0.495 e. The summed E-state index contributed by atoms with van der Waals surface area (Å²) in [7, 11) is 1.54. The van der Waals surface area contributed by atoms with Gasteiger partial charge >= 0.3 is 0 Å². The normalized spacial score (nSPS) is 11.4. The fourth-order valence-electron chi connectivity index (χ4n) is 3.54. The molecule has 2 N–H and O–H groups in total. The van der Waals surface area contributed by atoms with E-state index in [9.17, 15) is 9.59 Å². The maximum absolute atomic E-state index is 12.6. The van der Waals surface area contributed by atoms with Crippen molar-refractivity contribution in [3.05, 3.63) is 66.2 Å². The van der Waals surface area contributed by atoms with Crippen LogP contribution >= 0.6 is 0 Å². The summed E-state index contributed by atoms with van der Waals surface area (Å²) in [6.45, 7) is 3.37. The van der Waals surface area contributed by atoms with E-state index >= 15 is 0 Å². The van der Waals surface area contributed by atoms with E-state index in [1.54, 1.807) is 26.2 Å². The fourth-order valence-corrected chi connectivity index (χ4v) is 3.54. The third kappa shape index (κ3) is 5.17. The van der Waals surface area contributed by atoms with Gasteiger partial charge in [0.15, 0.2) is 6.61 Å². The van der Waals surface area contributed by atoms with E-state index in [-0.39, 0.29) is 18.9 Å². The third-order valence-electron chi connectivity index (χ3n) is 5.21. The van der Waals surface area contributed by atoms with Crippen molar-refractivity contribution >= 4 is 45.2 Å². The van der Waals surface area contributed by atoms with E-state index < -0.39 is 5.91 Å². The van der Waals surface area contributed by atoms with Crippen molar-refractivity contribution in [2.45, 2.75) is 20.3 Å². The molecule has 0 atom stereocenters. The summed E-state index contributed by atoms with van der Waals surface area (Å²) < 4.78 is 16.9. The smallest absolute Gasteiger partial charge is 0.277 e. The van der Waals surface area contributed by atoms with Gasteiger partial charge in [0.05, 0.1) is 19.2 Å². The molecule has 0 bridgehead atoms. The summed E-state index contributed by atoms with van der Waals surface area (Å²) in [6.07, 6.45) is -0.0136. The number of benzene rings is 3. The molecular formula is C26H25N3O5. The molecule has 4 rings (SSSR count). The average molecular weight is 460 g/mol. The number of carbonyl (C=O) groups excluding carboxylic acids is 2. The van der Waals surface area contributed by atoms with Crippen molar-refractivity contribution in [2.24, 2.45) is 5.10 Å². The number of amides is 2. The number of carbonyl (C=O) groups is 2. The van der Waals surface area contributed by atoms with Crippen LogP contribution in [0.3, 0.4) is 0 Å². The molecule has 0 spiro atoms. The van der Waals surface area contributed by atoms with Crippen LogP contribution in [0.4, 0.5) is 5.69 Å². The summed E-state index contributed by atoms with van der Waals surface area (Å²) >= 11 is 0. The van der Waals surface area contributed by atoms with Crippen LogP contribution in [-0.2, 0) is 9.59 Å². The second kappa shape index (κ2) is 10.1. The molecule has 0 radical (unpaired) electrons. The number of fused-ring (bicyclic) bond motifs is 3. The zero-order valence-corrected chi connectivity index (χ0v) is 19.2. The number of methoxy groups -OCH3 is 1. The van der Waals surface area contributed by atoms with Crippen LogP contribution < -0.4 is 20.2 Å². The third-order valence-corrected chi connectivity index (χ3v) is 5.21. The SMILES string of the molecule is COc1cc2c(cc1NC(=O)C/C(C)=N/NC(=O)COc1ccccc1C)oc1ccccc12. The Hall–Kier alpha value is -4.33. The predicted molar refractivity (Wildman–Crippen MR) is 131 cm³/mol. The summed E-state index contributed by atoms with van der Waals surface area (Å²) in [4.78, 5) is 24.6. The van der Waals surface area contributed by atoms with Gasteiger partial charge in [-0.05, 0) is 37.6 Å². The monoisotopic (exact) mass is 459 g/mol. The Bertz CT molecular complexity index is 1390. The first-order valence-electron chi connectivity index (χ1n) is 10.7. The molecule has 1 aromatic heterocycles. The van der Waals surface area contributed by atoms with Crippen molar-refractivity contribution in [3.63, 3.8) is 0 Å². The van der Waals surface area contributed by atoms with Gasteiger partial charge in [0, 0.05) is 22.6 Å². The Morgan fingerprint density at radius 3 is 2.50 bits per heavy atom. The molecule has 0 unspecified atom stereocenters. The van der Waals surface area contributed by atoms with Crippen LogP contribution in [0.1, 0.15) is 18.9 Å². The lowest BCUT2D eigenvalue weighted by molar-refractivity contribution is -0.123. The maximum atomic E-state index is 12.6. The highest BCUT2D eigenvalue weighted by Gasteiger charge is 2.15. The van der Waals surface area contributed by atoms with Crippen molar-refractivity contribution in [1.82, 2.24) is 5.43 Å². The number of hydrogen-bond donors (Lipinski definition) is 2. The molecular weight excluding hydrogens is 434 g/mol. The quantitative estimate of drug-likeness (QED) is 0.291. The second-order valence-electron chi connectivity index (χ2n) is 7.81. The molecule has 2 amide bonds. The second-order valence-corrected chi connectivity index (χ2v) is 7.81. The number of hydrazone groups is 1. The largest absolute Gasteiger partial charge is 0.495 e. The Labute approximate surface area is 196 Å². The maximum Gasteiger partial charge on any atom is 0.277 e. The zero-order chi connectivity index (χ0) is 24.1. The van der Waals surface area contributed by atoms with Crippen LogP contribution in [0, 0.1) is 6.92 Å². The van der Waals surface area contributed by atoms with Gasteiger partial charge in [-0.2, -0.15) is 5.10 Å². The first-order valence-corrected chi connectivity index (χ1v) is 10.7. The Balaban J connectivity index is 1.36. The van der Waals surface area contributed by atoms with E-state index in [2.05, 4.69) is 15.8 Å². The van der Waals surface area contributed by atoms with E-state index in [1.807, 2.05) is 55.5 Å². The fraction of sp³-hybridized carbons (Fsp3) is 0.192. The van der Waals surface area contributed by atoms with Gasteiger partial charge in [-0.1, -0.05) is 36.4 Å². The van der Waals surface area contributed by atoms with E-state index in [4.69, 9.17) is 13.9 Å². The molecule has 0 aliphatic heterocycles. The molecule has 8 heteroatoms. The molecule has 174 valence electrons. The minimum atomic E-state index is -0.417. The number of nitrogens with zero attached hydrogens (tertiary/aromatic N) is 1. The van der Waals surface area contributed by atoms with Gasteiger partial charge in [0.1, 0.15) is 22.7 Å². The molecule has 0 aliphatic rings. The molecule has 4 aromatic rings. The predicted octanol–water partition coefficient (Wildman–Crippen LogP) is 4.80. The molecule has 0 saturated heterocycles. The van der Waals surface area contributed by atoms with Crippen molar-refractivity contribution in [1.29, 1.82) is 0 Å². The lowest BCUT2D eigenvalue weighted by atomic mass is 10.1. The highest BCUT2D eigenvalue weighted by molar-refractivity contribution is 6.10. The Morgan fingerprint density at radius 1 is 0.941 bits per heavy atom. The van der Waals surface area contributed by atoms with Crippen molar-refractivity contribution in [3.8, 4) is 11.5 Å². The highest BCUT2D eigenvalue weighted by Crippen LogP contribution is 2.36. The molecule has 3 aromatic carbocycles. The van der Waals surface area contributed by atoms with E-state index in [0.717, 1.165) is 21.9 Å². The molecule has 8 nitrogen and oxygen atoms in total. The number of para-hydroxylation sites is 2. The summed E-state index contributed by atoms with van der Waals surface area (Å²) in [5, 5.41) is 8.69. The van der Waals surface area contributed by atoms with E-state index in [1.165, 1.54) is 0 Å². The number of anilines is 1. The van der Waals surface area contributed by atoms with Gasteiger partial charge in [-0.15, -0.1) is 0 Å². The first-order chi connectivity index (χ1) is 16.4. The van der Waals surface area contributed by atoms with Crippen LogP contribution in [0.2, 0.25) is 0 Å². The number of rotatable bonds is 8.